The van der Waals surface area contributed by atoms with Gasteiger partial charge in [-0.25, -0.2) is 0 Å². The van der Waals surface area contributed by atoms with E-state index in [2.05, 4.69) is 5.32 Å². The van der Waals surface area contributed by atoms with Gasteiger partial charge in [-0.3, -0.25) is 0 Å². The molecule has 14 heavy (non-hydrogen) atoms. The summed E-state index contributed by atoms with van der Waals surface area (Å²) in [6.45, 7) is 8.76. The molecule has 0 amide bonds. The monoisotopic (exact) mass is 211 g/mol. The number of alkyl halides is 3. The Hall–Kier alpha value is -0.250. The first-order valence-corrected chi connectivity index (χ1v) is 4.99. The second-order valence-corrected chi connectivity index (χ2v) is 4.46. The van der Waals surface area contributed by atoms with Crippen LogP contribution in [-0.4, -0.2) is 18.3 Å². The zero-order chi connectivity index (χ0) is 11.5. The van der Waals surface area contributed by atoms with Gasteiger partial charge >= 0.3 is 6.18 Å². The molecule has 1 nitrogen and oxygen atoms in total. The number of hydrogen-bond acceptors (Lipinski definition) is 1. The van der Waals surface area contributed by atoms with Crippen LogP contribution < -0.4 is 5.32 Å². The van der Waals surface area contributed by atoms with Gasteiger partial charge in [0.2, 0.25) is 0 Å². The predicted octanol–water partition coefficient (Wildman–Crippen LogP) is 3.21. The van der Waals surface area contributed by atoms with Crippen molar-refractivity contribution in [2.75, 3.05) is 0 Å². The lowest BCUT2D eigenvalue weighted by atomic mass is 9.99. The van der Waals surface area contributed by atoms with Gasteiger partial charge in [-0.15, -0.1) is 0 Å². The van der Waals surface area contributed by atoms with Gasteiger partial charge < -0.3 is 5.32 Å². The summed E-state index contributed by atoms with van der Waals surface area (Å²) in [4.78, 5) is 0. The molecule has 1 N–H and O–H groups in total. The zero-order valence-corrected chi connectivity index (χ0v) is 9.44. The van der Waals surface area contributed by atoms with Crippen molar-refractivity contribution in [2.24, 2.45) is 11.8 Å². The Balaban J connectivity index is 4.40. The largest absolute Gasteiger partial charge is 0.404 e. The highest BCUT2D eigenvalue weighted by molar-refractivity contribution is 4.81. The van der Waals surface area contributed by atoms with E-state index in [1.807, 2.05) is 13.8 Å². The van der Waals surface area contributed by atoms with Gasteiger partial charge in [0.25, 0.3) is 0 Å². The van der Waals surface area contributed by atoms with Gasteiger partial charge in [0.1, 0.15) is 6.04 Å². The molecule has 0 bridgehead atoms. The molecule has 0 heterocycles. The molecular formula is C10H20F3N. The molecule has 0 aliphatic rings. The molecule has 4 heteroatoms. The maximum absolute atomic E-state index is 12.5. The lowest BCUT2D eigenvalue weighted by molar-refractivity contribution is -0.167. The van der Waals surface area contributed by atoms with Gasteiger partial charge in [0.15, 0.2) is 0 Å². The van der Waals surface area contributed by atoms with Gasteiger partial charge in [-0.05, 0) is 18.8 Å². The first kappa shape index (κ1) is 13.8. The summed E-state index contributed by atoms with van der Waals surface area (Å²) in [5.41, 5.74) is 0. The summed E-state index contributed by atoms with van der Waals surface area (Å²) in [6, 6.07) is -1.52. The van der Waals surface area contributed by atoms with Crippen molar-refractivity contribution in [1.29, 1.82) is 0 Å². The molecule has 0 aromatic rings. The van der Waals surface area contributed by atoms with Crippen LogP contribution in [0.5, 0.6) is 0 Å². The Kier molecular flexibility index (Phi) is 4.92. The second-order valence-electron chi connectivity index (χ2n) is 4.46. The first-order valence-electron chi connectivity index (χ1n) is 4.99. The first-order chi connectivity index (χ1) is 6.16. The van der Waals surface area contributed by atoms with Crippen molar-refractivity contribution in [3.05, 3.63) is 0 Å². The number of halogens is 3. The maximum atomic E-state index is 12.5. The van der Waals surface area contributed by atoms with Crippen LogP contribution in [0.15, 0.2) is 0 Å². The summed E-state index contributed by atoms with van der Waals surface area (Å²) in [5.74, 6) is -0.227. The van der Waals surface area contributed by atoms with Crippen molar-refractivity contribution in [1.82, 2.24) is 5.32 Å². The summed E-state index contributed by atoms with van der Waals surface area (Å²) in [5, 5.41) is 2.63. The maximum Gasteiger partial charge on any atom is 0.404 e. The molecule has 0 spiro atoms. The molecule has 0 saturated carbocycles. The summed E-state index contributed by atoms with van der Waals surface area (Å²) < 4.78 is 37.6. The van der Waals surface area contributed by atoms with Crippen LogP contribution in [0.1, 0.15) is 34.6 Å². The van der Waals surface area contributed by atoms with Crippen molar-refractivity contribution in [3.63, 3.8) is 0 Å². The highest BCUT2D eigenvalue weighted by atomic mass is 19.4. The molecule has 86 valence electrons. The lowest BCUT2D eigenvalue weighted by Gasteiger charge is -2.30. The molecule has 0 unspecified atom stereocenters. The van der Waals surface area contributed by atoms with Crippen LogP contribution in [0, 0.1) is 11.8 Å². The van der Waals surface area contributed by atoms with Gasteiger partial charge in [-0.1, -0.05) is 27.7 Å². The Morgan fingerprint density at radius 3 is 1.50 bits per heavy atom. The molecule has 0 saturated heterocycles. The average Bonchev–Trinajstić information content (AvgIpc) is 1.96. The zero-order valence-electron chi connectivity index (χ0n) is 9.44. The van der Waals surface area contributed by atoms with Crippen molar-refractivity contribution < 1.29 is 13.2 Å². The average molecular weight is 211 g/mol. The molecule has 0 aromatic heterocycles. The summed E-state index contributed by atoms with van der Waals surface area (Å²) >= 11 is 0. The van der Waals surface area contributed by atoms with E-state index in [1.54, 1.807) is 20.8 Å². The van der Waals surface area contributed by atoms with Gasteiger partial charge in [0.05, 0.1) is 0 Å². The van der Waals surface area contributed by atoms with Crippen molar-refractivity contribution in [2.45, 2.75) is 52.9 Å². The lowest BCUT2D eigenvalue weighted by Crippen LogP contribution is -2.50. The summed E-state index contributed by atoms with van der Waals surface area (Å²) in [7, 11) is 0. The molecular weight excluding hydrogens is 191 g/mol. The third-order valence-corrected chi connectivity index (χ3v) is 2.46. The van der Waals surface area contributed by atoms with Crippen molar-refractivity contribution >= 4 is 0 Å². The van der Waals surface area contributed by atoms with Crippen LogP contribution in [0.25, 0.3) is 0 Å². The number of hydrogen-bond donors (Lipinski definition) is 1. The smallest absolute Gasteiger partial charge is 0.303 e. The van der Waals surface area contributed by atoms with E-state index in [1.165, 1.54) is 0 Å². The minimum Gasteiger partial charge on any atom is -0.303 e. The Morgan fingerprint density at radius 2 is 1.29 bits per heavy atom. The second kappa shape index (κ2) is 5.01. The van der Waals surface area contributed by atoms with E-state index in [9.17, 15) is 13.2 Å². The standard InChI is InChI=1S/C10H20F3N/c1-6(2)8(5)14-9(7(3)4)10(11,12)13/h6-9,14H,1-5H3/t8-,9-/m0/s1. The molecule has 0 aliphatic heterocycles. The van der Waals surface area contributed by atoms with E-state index in [0.717, 1.165) is 0 Å². The van der Waals surface area contributed by atoms with E-state index in [-0.39, 0.29) is 12.0 Å². The molecule has 0 fully saturated rings. The molecule has 0 aliphatic carbocycles. The highest BCUT2D eigenvalue weighted by Gasteiger charge is 2.42. The van der Waals surface area contributed by atoms with Gasteiger partial charge in [-0.2, -0.15) is 13.2 Å². The minimum atomic E-state index is -4.16. The third-order valence-electron chi connectivity index (χ3n) is 2.46. The van der Waals surface area contributed by atoms with E-state index >= 15 is 0 Å². The van der Waals surface area contributed by atoms with Crippen LogP contribution in [0.2, 0.25) is 0 Å². The SMILES string of the molecule is CC(C)[C@H](C)N[C@@H](C(C)C)C(F)(F)F. The third kappa shape index (κ3) is 4.31. The Labute approximate surface area is 84.1 Å². The Morgan fingerprint density at radius 1 is 0.857 bits per heavy atom. The number of nitrogens with one attached hydrogen (secondary N) is 1. The van der Waals surface area contributed by atoms with Crippen LogP contribution in [0.3, 0.4) is 0 Å². The molecule has 0 aromatic carbocycles. The van der Waals surface area contributed by atoms with Crippen LogP contribution in [-0.2, 0) is 0 Å². The molecule has 0 radical (unpaired) electrons. The van der Waals surface area contributed by atoms with E-state index in [4.69, 9.17) is 0 Å². The van der Waals surface area contributed by atoms with Crippen LogP contribution in [0.4, 0.5) is 13.2 Å². The van der Waals surface area contributed by atoms with Crippen LogP contribution >= 0.6 is 0 Å². The van der Waals surface area contributed by atoms with E-state index in [0.29, 0.717) is 0 Å². The van der Waals surface area contributed by atoms with Crippen molar-refractivity contribution in [3.8, 4) is 0 Å². The fourth-order valence-electron chi connectivity index (χ4n) is 1.14. The highest BCUT2D eigenvalue weighted by Crippen LogP contribution is 2.26. The summed E-state index contributed by atoms with van der Waals surface area (Å²) in [6.07, 6.45) is -4.16. The van der Waals surface area contributed by atoms with E-state index < -0.39 is 18.1 Å². The molecule has 0 rings (SSSR count). The normalized spacial score (nSPS) is 17.6. The Bertz CT molecular complexity index is 163. The quantitative estimate of drug-likeness (QED) is 0.753. The van der Waals surface area contributed by atoms with Gasteiger partial charge in [0, 0.05) is 6.04 Å². The minimum absolute atomic E-state index is 0.121. The topological polar surface area (TPSA) is 12.0 Å². The predicted molar refractivity (Wildman–Crippen MR) is 52.1 cm³/mol. The molecule has 2 atom stereocenters. The fraction of sp³-hybridized carbons (Fsp3) is 1.00. The fourth-order valence-corrected chi connectivity index (χ4v) is 1.14. The number of rotatable bonds is 4.